The largest absolute Gasteiger partial charge is 0.321 e. The number of rotatable bonds is 3. The van der Waals surface area contributed by atoms with Gasteiger partial charge in [-0.2, -0.15) is 5.10 Å². The molecule has 0 aliphatic rings. The molecule has 0 fully saturated rings. The predicted molar refractivity (Wildman–Crippen MR) is 111 cm³/mol. The SMILES string of the molecule is CC(C)(C)c1cc2nc(-c3ccccc3)cc(C(=O)Nc3ccc(F)cc3)n2n1. The number of hydrogen-bond acceptors (Lipinski definition) is 3. The summed E-state index contributed by atoms with van der Waals surface area (Å²) >= 11 is 0. The van der Waals surface area contributed by atoms with Crippen molar-refractivity contribution in [3.8, 4) is 11.3 Å². The van der Waals surface area contributed by atoms with Crippen LogP contribution in [0, 0.1) is 5.82 Å². The van der Waals surface area contributed by atoms with E-state index in [1.165, 1.54) is 24.3 Å². The van der Waals surface area contributed by atoms with Crippen LogP contribution in [0.5, 0.6) is 0 Å². The van der Waals surface area contributed by atoms with Gasteiger partial charge in [0.15, 0.2) is 5.65 Å². The standard InChI is InChI=1S/C23H21FN4O/c1-23(2,3)20-14-21-26-18(15-7-5-4-6-8-15)13-19(28(21)27-20)22(29)25-17-11-9-16(24)10-12-17/h4-14H,1-3H3,(H,25,29). The summed E-state index contributed by atoms with van der Waals surface area (Å²) in [6, 6.07) is 19.0. The van der Waals surface area contributed by atoms with Crippen LogP contribution in [0.4, 0.5) is 10.1 Å². The summed E-state index contributed by atoms with van der Waals surface area (Å²) in [5.74, 6) is -0.702. The Hall–Kier alpha value is -3.54. The van der Waals surface area contributed by atoms with Crippen molar-refractivity contribution < 1.29 is 9.18 Å². The van der Waals surface area contributed by atoms with E-state index in [-0.39, 0.29) is 17.1 Å². The molecule has 2 aromatic carbocycles. The second-order valence-electron chi connectivity index (χ2n) is 7.90. The molecule has 0 radical (unpaired) electrons. The van der Waals surface area contributed by atoms with Crippen LogP contribution in [0.2, 0.25) is 0 Å². The van der Waals surface area contributed by atoms with Crippen LogP contribution in [0.3, 0.4) is 0 Å². The normalized spacial score (nSPS) is 11.6. The third-order valence-electron chi connectivity index (χ3n) is 4.60. The molecular weight excluding hydrogens is 367 g/mol. The van der Waals surface area contributed by atoms with E-state index in [1.807, 2.05) is 36.4 Å². The average Bonchev–Trinajstić information content (AvgIpc) is 3.14. The molecule has 0 saturated heterocycles. The van der Waals surface area contributed by atoms with E-state index < -0.39 is 0 Å². The van der Waals surface area contributed by atoms with Gasteiger partial charge in [0.2, 0.25) is 0 Å². The van der Waals surface area contributed by atoms with Gasteiger partial charge in [0.25, 0.3) is 5.91 Å². The summed E-state index contributed by atoms with van der Waals surface area (Å²) < 4.78 is 14.7. The van der Waals surface area contributed by atoms with Crippen molar-refractivity contribution in [3.63, 3.8) is 0 Å². The minimum Gasteiger partial charge on any atom is -0.321 e. The van der Waals surface area contributed by atoms with Crippen LogP contribution < -0.4 is 5.32 Å². The maximum Gasteiger partial charge on any atom is 0.274 e. The summed E-state index contributed by atoms with van der Waals surface area (Å²) in [7, 11) is 0. The van der Waals surface area contributed by atoms with Crippen LogP contribution in [0.25, 0.3) is 16.9 Å². The van der Waals surface area contributed by atoms with Gasteiger partial charge < -0.3 is 5.32 Å². The third-order valence-corrected chi connectivity index (χ3v) is 4.60. The number of carbonyl (C=O) groups is 1. The number of aromatic nitrogens is 3. The number of hydrogen-bond donors (Lipinski definition) is 1. The zero-order chi connectivity index (χ0) is 20.6. The molecule has 4 aromatic rings. The highest BCUT2D eigenvalue weighted by molar-refractivity contribution is 6.04. The van der Waals surface area contributed by atoms with Gasteiger partial charge in [0.1, 0.15) is 11.5 Å². The van der Waals surface area contributed by atoms with Gasteiger partial charge in [-0.1, -0.05) is 51.1 Å². The monoisotopic (exact) mass is 388 g/mol. The van der Waals surface area contributed by atoms with E-state index in [0.29, 0.717) is 22.7 Å². The molecular formula is C23H21FN4O. The zero-order valence-electron chi connectivity index (χ0n) is 16.5. The molecule has 29 heavy (non-hydrogen) atoms. The molecule has 5 nitrogen and oxygen atoms in total. The molecule has 2 heterocycles. The van der Waals surface area contributed by atoms with E-state index >= 15 is 0 Å². The maximum absolute atomic E-state index is 13.2. The summed E-state index contributed by atoms with van der Waals surface area (Å²) in [5, 5.41) is 7.44. The van der Waals surface area contributed by atoms with Gasteiger partial charge >= 0.3 is 0 Å². The maximum atomic E-state index is 13.2. The summed E-state index contributed by atoms with van der Waals surface area (Å²) in [5.41, 5.74) is 3.70. The van der Waals surface area contributed by atoms with Crippen molar-refractivity contribution in [2.24, 2.45) is 0 Å². The molecule has 2 aromatic heterocycles. The first-order chi connectivity index (χ1) is 13.8. The first kappa shape index (κ1) is 18.8. The van der Waals surface area contributed by atoms with Crippen LogP contribution in [-0.4, -0.2) is 20.5 Å². The van der Waals surface area contributed by atoms with Crippen molar-refractivity contribution in [1.82, 2.24) is 14.6 Å². The first-order valence-corrected chi connectivity index (χ1v) is 9.35. The molecule has 0 aliphatic heterocycles. The number of anilines is 1. The van der Waals surface area contributed by atoms with Crippen molar-refractivity contribution in [1.29, 1.82) is 0 Å². The van der Waals surface area contributed by atoms with Gasteiger partial charge in [-0.05, 0) is 30.3 Å². The van der Waals surface area contributed by atoms with Gasteiger partial charge in [-0.25, -0.2) is 13.9 Å². The van der Waals surface area contributed by atoms with E-state index in [1.54, 1.807) is 10.6 Å². The second-order valence-corrected chi connectivity index (χ2v) is 7.90. The number of carbonyl (C=O) groups excluding carboxylic acids is 1. The van der Waals surface area contributed by atoms with Crippen LogP contribution >= 0.6 is 0 Å². The van der Waals surface area contributed by atoms with Gasteiger partial charge in [0.05, 0.1) is 11.4 Å². The Morgan fingerprint density at radius 1 is 1.00 bits per heavy atom. The minimum atomic E-state index is -0.359. The average molecular weight is 388 g/mol. The molecule has 146 valence electrons. The lowest BCUT2D eigenvalue weighted by Gasteiger charge is -2.13. The Bertz CT molecular complexity index is 1180. The molecule has 6 heteroatoms. The quantitative estimate of drug-likeness (QED) is 0.532. The van der Waals surface area contributed by atoms with Crippen molar-refractivity contribution in [3.05, 3.63) is 83.9 Å². The second kappa shape index (κ2) is 7.13. The molecule has 0 aliphatic carbocycles. The van der Waals surface area contributed by atoms with E-state index in [0.717, 1.165) is 11.3 Å². The fourth-order valence-electron chi connectivity index (χ4n) is 2.99. The van der Waals surface area contributed by atoms with Gasteiger partial charge in [-0.3, -0.25) is 4.79 Å². The summed E-state index contributed by atoms with van der Waals surface area (Å²) in [6.45, 7) is 6.18. The topological polar surface area (TPSA) is 59.3 Å². The lowest BCUT2D eigenvalue weighted by molar-refractivity contribution is 0.101. The Kier molecular flexibility index (Phi) is 4.62. The molecule has 0 bridgehead atoms. The fourth-order valence-corrected chi connectivity index (χ4v) is 2.99. The number of benzene rings is 2. The molecule has 0 saturated carbocycles. The number of amides is 1. The lowest BCUT2D eigenvalue weighted by atomic mass is 9.93. The van der Waals surface area contributed by atoms with Crippen molar-refractivity contribution in [2.75, 3.05) is 5.32 Å². The van der Waals surface area contributed by atoms with E-state index in [9.17, 15) is 9.18 Å². The summed E-state index contributed by atoms with van der Waals surface area (Å²) in [6.07, 6.45) is 0. The number of nitrogens with zero attached hydrogens (tertiary/aromatic N) is 3. The number of halogens is 1. The van der Waals surface area contributed by atoms with E-state index in [2.05, 4.69) is 31.2 Å². The highest BCUT2D eigenvalue weighted by atomic mass is 19.1. The predicted octanol–water partition coefficient (Wildman–Crippen LogP) is 5.09. The van der Waals surface area contributed by atoms with Crippen LogP contribution in [0.1, 0.15) is 37.0 Å². The molecule has 1 N–H and O–H groups in total. The third kappa shape index (κ3) is 3.87. The summed E-state index contributed by atoms with van der Waals surface area (Å²) in [4.78, 5) is 17.8. The lowest BCUT2D eigenvalue weighted by Crippen LogP contribution is -2.18. The van der Waals surface area contributed by atoms with Gasteiger partial charge in [-0.15, -0.1) is 0 Å². The number of nitrogens with one attached hydrogen (secondary N) is 1. The molecule has 1 amide bonds. The van der Waals surface area contributed by atoms with Crippen molar-refractivity contribution in [2.45, 2.75) is 26.2 Å². The molecule has 0 atom stereocenters. The smallest absolute Gasteiger partial charge is 0.274 e. The molecule has 0 spiro atoms. The minimum absolute atomic E-state index is 0.189. The highest BCUT2D eigenvalue weighted by Crippen LogP contribution is 2.25. The number of fused-ring (bicyclic) bond motifs is 1. The Morgan fingerprint density at radius 3 is 2.34 bits per heavy atom. The molecule has 0 unspecified atom stereocenters. The van der Waals surface area contributed by atoms with Crippen LogP contribution in [-0.2, 0) is 5.41 Å². The highest BCUT2D eigenvalue weighted by Gasteiger charge is 2.22. The van der Waals surface area contributed by atoms with Crippen molar-refractivity contribution >= 4 is 17.2 Å². The Balaban J connectivity index is 1.84. The Labute approximate surface area is 168 Å². The fraction of sp³-hybridized carbons (Fsp3) is 0.174. The zero-order valence-corrected chi connectivity index (χ0v) is 16.5. The van der Waals surface area contributed by atoms with Gasteiger partial charge in [0, 0.05) is 22.7 Å². The van der Waals surface area contributed by atoms with Crippen LogP contribution in [0.15, 0.2) is 66.7 Å². The Morgan fingerprint density at radius 2 is 1.69 bits per heavy atom. The molecule has 4 rings (SSSR count). The first-order valence-electron chi connectivity index (χ1n) is 9.35. The van der Waals surface area contributed by atoms with E-state index in [4.69, 9.17) is 4.98 Å².